The minimum Gasteiger partial charge on any atom is -0.396 e. The van der Waals surface area contributed by atoms with E-state index in [1.807, 2.05) is 11.8 Å². The van der Waals surface area contributed by atoms with Crippen LogP contribution < -0.4 is 10.6 Å². The Morgan fingerprint density at radius 2 is 2.21 bits per heavy atom. The number of nitrogen functional groups attached to an aromatic ring is 1. The van der Waals surface area contributed by atoms with E-state index in [9.17, 15) is 0 Å². The Morgan fingerprint density at radius 1 is 1.37 bits per heavy atom. The van der Waals surface area contributed by atoms with Gasteiger partial charge in [0.2, 0.25) is 17.8 Å². The molecular weight excluding hydrogens is 246 g/mol. The van der Waals surface area contributed by atoms with Gasteiger partial charge in [0.05, 0.1) is 0 Å². The van der Waals surface area contributed by atoms with E-state index in [-0.39, 0.29) is 12.6 Å². The van der Waals surface area contributed by atoms with E-state index >= 15 is 0 Å². The zero-order chi connectivity index (χ0) is 13.7. The number of anilines is 2. The van der Waals surface area contributed by atoms with Gasteiger partial charge in [0.15, 0.2) is 0 Å². The van der Waals surface area contributed by atoms with Crippen LogP contribution in [0.5, 0.6) is 0 Å². The van der Waals surface area contributed by atoms with Crippen LogP contribution in [0.3, 0.4) is 0 Å². The van der Waals surface area contributed by atoms with E-state index in [0.29, 0.717) is 24.9 Å². The van der Waals surface area contributed by atoms with Crippen molar-refractivity contribution in [1.82, 2.24) is 24.5 Å². The smallest absolute Gasteiger partial charge is 0.241 e. The number of hydrogen-bond donors (Lipinski definition) is 2. The van der Waals surface area contributed by atoms with Crippen LogP contribution in [-0.2, 0) is 0 Å². The highest BCUT2D eigenvalue weighted by Gasteiger charge is 2.11. The fourth-order valence-electron chi connectivity index (χ4n) is 1.66. The van der Waals surface area contributed by atoms with Crippen LogP contribution in [-0.4, -0.2) is 49.3 Å². The molecule has 0 fully saturated rings. The summed E-state index contributed by atoms with van der Waals surface area (Å²) in [6, 6.07) is 0. The minimum absolute atomic E-state index is 0.130. The third kappa shape index (κ3) is 3.16. The summed E-state index contributed by atoms with van der Waals surface area (Å²) in [5.74, 6) is 1.10. The summed E-state index contributed by atoms with van der Waals surface area (Å²) in [6.45, 7) is 3.52. The molecule has 0 radical (unpaired) electrons. The molecule has 0 spiro atoms. The highest BCUT2D eigenvalue weighted by molar-refractivity contribution is 5.37. The molecule has 0 atom stereocenters. The van der Waals surface area contributed by atoms with Gasteiger partial charge in [-0.3, -0.25) is 4.57 Å². The maximum Gasteiger partial charge on any atom is 0.241 e. The molecule has 0 amide bonds. The van der Waals surface area contributed by atoms with Crippen LogP contribution in [0, 0.1) is 0 Å². The van der Waals surface area contributed by atoms with E-state index in [1.54, 1.807) is 23.3 Å². The number of aliphatic hydroxyl groups is 1. The zero-order valence-corrected chi connectivity index (χ0v) is 10.8. The number of hydrogen-bond acceptors (Lipinski definition) is 7. The van der Waals surface area contributed by atoms with Crippen LogP contribution in [0.15, 0.2) is 18.7 Å². The Morgan fingerprint density at radius 3 is 2.84 bits per heavy atom. The number of nitrogens with zero attached hydrogens (tertiary/aromatic N) is 6. The Bertz CT molecular complexity index is 514. The van der Waals surface area contributed by atoms with Crippen molar-refractivity contribution in [1.29, 1.82) is 0 Å². The molecule has 0 aromatic carbocycles. The summed E-state index contributed by atoms with van der Waals surface area (Å²) >= 11 is 0. The maximum atomic E-state index is 8.90. The summed E-state index contributed by atoms with van der Waals surface area (Å²) in [6.07, 6.45) is 5.63. The predicted octanol–water partition coefficient (Wildman–Crippen LogP) is -0.152. The summed E-state index contributed by atoms with van der Waals surface area (Å²) in [5, 5.41) is 8.90. The number of imidazole rings is 1. The third-order valence-electron chi connectivity index (χ3n) is 2.62. The Hall–Kier alpha value is -2.22. The molecule has 2 aromatic rings. The predicted molar refractivity (Wildman–Crippen MR) is 71.0 cm³/mol. The van der Waals surface area contributed by atoms with E-state index in [0.717, 1.165) is 6.54 Å². The molecule has 8 nitrogen and oxygen atoms in total. The lowest BCUT2D eigenvalue weighted by Crippen LogP contribution is -2.27. The van der Waals surface area contributed by atoms with E-state index in [4.69, 9.17) is 10.8 Å². The van der Waals surface area contributed by atoms with Crippen LogP contribution >= 0.6 is 0 Å². The van der Waals surface area contributed by atoms with E-state index in [1.165, 1.54) is 0 Å². The lowest BCUT2D eigenvalue weighted by atomic mass is 10.4. The highest BCUT2D eigenvalue weighted by Crippen LogP contribution is 2.11. The first-order valence-electron chi connectivity index (χ1n) is 6.10. The molecule has 3 N–H and O–H groups in total. The summed E-state index contributed by atoms with van der Waals surface area (Å²) in [7, 11) is 0. The number of aliphatic hydroxyl groups excluding tert-OH is 1. The first-order chi connectivity index (χ1) is 9.24. The molecule has 2 aromatic heterocycles. The third-order valence-corrected chi connectivity index (χ3v) is 2.62. The molecule has 0 aliphatic carbocycles. The normalized spacial score (nSPS) is 10.6. The first-order valence-corrected chi connectivity index (χ1v) is 6.10. The van der Waals surface area contributed by atoms with Crippen molar-refractivity contribution in [3.05, 3.63) is 18.7 Å². The second-order valence-corrected chi connectivity index (χ2v) is 3.92. The zero-order valence-electron chi connectivity index (χ0n) is 10.8. The second kappa shape index (κ2) is 6.10. The molecule has 102 valence electrons. The maximum absolute atomic E-state index is 8.90. The lowest BCUT2D eigenvalue weighted by molar-refractivity contribution is 0.289. The van der Waals surface area contributed by atoms with Crippen molar-refractivity contribution in [3.8, 4) is 5.95 Å². The topological polar surface area (TPSA) is 106 Å². The fourth-order valence-corrected chi connectivity index (χ4v) is 1.66. The van der Waals surface area contributed by atoms with Crippen molar-refractivity contribution in [2.24, 2.45) is 0 Å². The largest absolute Gasteiger partial charge is 0.396 e. The quantitative estimate of drug-likeness (QED) is 0.746. The van der Waals surface area contributed by atoms with Gasteiger partial charge < -0.3 is 15.7 Å². The molecule has 0 bridgehead atoms. The van der Waals surface area contributed by atoms with Gasteiger partial charge in [0, 0.05) is 32.1 Å². The van der Waals surface area contributed by atoms with Gasteiger partial charge in [0.1, 0.15) is 6.33 Å². The molecule has 8 heteroatoms. The van der Waals surface area contributed by atoms with E-state index in [2.05, 4.69) is 19.9 Å². The number of rotatable bonds is 6. The number of nitrogens with two attached hydrogens (primary N) is 1. The standard InChI is InChI=1S/C11H17N7O/c1-2-17(5-3-7-19)10-14-9(12)15-11(16-10)18-6-4-13-8-18/h4,6,8,19H,2-3,5,7H2,1H3,(H2,12,14,15,16). The van der Waals surface area contributed by atoms with Crippen LogP contribution in [0.25, 0.3) is 5.95 Å². The van der Waals surface area contributed by atoms with Crippen molar-refractivity contribution >= 4 is 11.9 Å². The summed E-state index contributed by atoms with van der Waals surface area (Å²) < 4.78 is 1.67. The van der Waals surface area contributed by atoms with Gasteiger partial charge in [0.25, 0.3) is 0 Å². The minimum atomic E-state index is 0.130. The molecule has 19 heavy (non-hydrogen) atoms. The van der Waals surface area contributed by atoms with Crippen molar-refractivity contribution in [3.63, 3.8) is 0 Å². The molecule has 2 rings (SSSR count). The van der Waals surface area contributed by atoms with E-state index < -0.39 is 0 Å². The molecule has 0 aliphatic rings. The average molecular weight is 263 g/mol. The van der Waals surface area contributed by atoms with Crippen LogP contribution in [0.1, 0.15) is 13.3 Å². The second-order valence-electron chi connectivity index (χ2n) is 3.92. The first kappa shape index (κ1) is 13.2. The van der Waals surface area contributed by atoms with Crippen molar-refractivity contribution < 1.29 is 5.11 Å². The molecule has 0 saturated carbocycles. The fraction of sp³-hybridized carbons (Fsp3) is 0.455. The van der Waals surface area contributed by atoms with Crippen molar-refractivity contribution in [2.75, 3.05) is 30.3 Å². The Kier molecular flexibility index (Phi) is 4.24. The SMILES string of the molecule is CCN(CCCO)c1nc(N)nc(-n2ccnc2)n1. The van der Waals surface area contributed by atoms with Gasteiger partial charge in [-0.15, -0.1) is 0 Å². The lowest BCUT2D eigenvalue weighted by Gasteiger charge is -2.20. The van der Waals surface area contributed by atoms with Gasteiger partial charge in [-0.05, 0) is 13.3 Å². The van der Waals surface area contributed by atoms with Gasteiger partial charge >= 0.3 is 0 Å². The Labute approximate surface area is 111 Å². The summed E-state index contributed by atoms with van der Waals surface area (Å²) in [5.41, 5.74) is 5.71. The summed E-state index contributed by atoms with van der Waals surface area (Å²) in [4.78, 5) is 18.5. The molecule has 0 aliphatic heterocycles. The van der Waals surface area contributed by atoms with Gasteiger partial charge in [-0.2, -0.15) is 15.0 Å². The van der Waals surface area contributed by atoms with Crippen LogP contribution in [0.4, 0.5) is 11.9 Å². The number of aromatic nitrogens is 5. The van der Waals surface area contributed by atoms with Gasteiger partial charge in [-0.1, -0.05) is 0 Å². The Balaban J connectivity index is 2.30. The molecular formula is C11H17N7O. The monoisotopic (exact) mass is 263 g/mol. The average Bonchev–Trinajstić information content (AvgIpc) is 2.93. The highest BCUT2D eigenvalue weighted by atomic mass is 16.3. The molecule has 0 saturated heterocycles. The van der Waals surface area contributed by atoms with Crippen LogP contribution in [0.2, 0.25) is 0 Å². The molecule has 0 unspecified atom stereocenters. The van der Waals surface area contributed by atoms with Crippen molar-refractivity contribution in [2.45, 2.75) is 13.3 Å². The molecule has 2 heterocycles. The van der Waals surface area contributed by atoms with Gasteiger partial charge in [-0.25, -0.2) is 4.98 Å².